The summed E-state index contributed by atoms with van der Waals surface area (Å²) in [5, 5.41) is 2.71. The van der Waals surface area contributed by atoms with Gasteiger partial charge < -0.3 is 10.3 Å². The maximum absolute atomic E-state index is 13.6. The number of carbonyl (C=O) groups is 1. The average Bonchev–Trinajstić information content (AvgIpc) is 2.92. The van der Waals surface area contributed by atoms with Crippen molar-refractivity contribution >= 4 is 46.1 Å². The molecule has 0 saturated carbocycles. The minimum absolute atomic E-state index is 0.203. The molecular weight excluding hydrogens is 358 g/mol. The maximum Gasteiger partial charge on any atom is 0.237 e. The highest BCUT2D eigenvalue weighted by molar-refractivity contribution is 8.00. The van der Waals surface area contributed by atoms with Gasteiger partial charge in [0.05, 0.1) is 21.5 Å². The summed E-state index contributed by atoms with van der Waals surface area (Å²) in [6, 6.07) is 4.54. The summed E-state index contributed by atoms with van der Waals surface area (Å²) < 4.78 is 26.7. The van der Waals surface area contributed by atoms with Crippen LogP contribution in [0, 0.1) is 11.6 Å². The number of hydrogen-bond donors (Lipinski definition) is 2. The van der Waals surface area contributed by atoms with Gasteiger partial charge >= 0.3 is 0 Å². The molecule has 0 saturated heterocycles. The number of carbonyl (C=O) groups excluding carboxylic acids is 1. The zero-order valence-electron chi connectivity index (χ0n) is 12.3. The molecule has 1 aromatic carbocycles. The Bertz CT molecular complexity index is 918. The average molecular weight is 369 g/mol. The zero-order valence-corrected chi connectivity index (χ0v) is 13.9. The lowest BCUT2D eigenvalue weighted by Gasteiger charge is -2.11. The number of rotatable bonds is 4. The summed E-state index contributed by atoms with van der Waals surface area (Å²) in [7, 11) is 0. The van der Waals surface area contributed by atoms with E-state index in [0.29, 0.717) is 21.3 Å². The van der Waals surface area contributed by atoms with Crippen molar-refractivity contribution in [2.45, 2.75) is 17.3 Å². The molecule has 0 bridgehead atoms. The number of halogens is 3. The summed E-state index contributed by atoms with van der Waals surface area (Å²) in [6.45, 7) is 1.63. The van der Waals surface area contributed by atoms with Crippen LogP contribution in [0.25, 0.3) is 11.2 Å². The number of hydrogen-bond acceptors (Lipinski definition) is 4. The summed E-state index contributed by atoms with van der Waals surface area (Å²) in [6.07, 6.45) is 1.47. The second kappa shape index (κ2) is 6.74. The highest BCUT2D eigenvalue weighted by Gasteiger charge is 2.18. The van der Waals surface area contributed by atoms with E-state index in [1.807, 2.05) is 0 Å². The van der Waals surface area contributed by atoms with Crippen LogP contribution in [0.4, 0.5) is 14.5 Å². The summed E-state index contributed by atoms with van der Waals surface area (Å²) >= 11 is 6.99. The molecule has 9 heteroatoms. The van der Waals surface area contributed by atoms with Crippen LogP contribution >= 0.6 is 23.4 Å². The Balaban J connectivity index is 1.72. The number of pyridine rings is 1. The predicted molar refractivity (Wildman–Crippen MR) is 89.2 cm³/mol. The Kier molecular flexibility index (Phi) is 4.68. The number of benzene rings is 1. The monoisotopic (exact) mass is 368 g/mol. The van der Waals surface area contributed by atoms with E-state index in [1.165, 1.54) is 6.20 Å². The van der Waals surface area contributed by atoms with E-state index in [2.05, 4.69) is 20.3 Å². The minimum atomic E-state index is -0.704. The predicted octanol–water partition coefficient (Wildman–Crippen LogP) is 4.01. The second-order valence-corrected chi connectivity index (χ2v) is 6.71. The quantitative estimate of drug-likeness (QED) is 0.683. The molecule has 24 heavy (non-hydrogen) atoms. The maximum atomic E-state index is 13.6. The summed E-state index contributed by atoms with van der Waals surface area (Å²) in [4.78, 5) is 23.4. The first-order valence-electron chi connectivity index (χ1n) is 6.86. The highest BCUT2D eigenvalue weighted by atomic mass is 35.5. The number of imidazole rings is 1. The standard InChI is InChI=1S/C15H11ClF2N4OS/c1-7(14(23)20-11-5-9(17)2-3-10(11)18)24-15-21-12-4-8(16)6-19-13(12)22-15/h2-7H,1H3,(H,20,23)(H,19,21,22)/t7-/m1/s1. The van der Waals surface area contributed by atoms with Crippen molar-refractivity contribution in [2.24, 2.45) is 0 Å². The van der Waals surface area contributed by atoms with Crippen LogP contribution in [0.5, 0.6) is 0 Å². The molecule has 0 spiro atoms. The van der Waals surface area contributed by atoms with Gasteiger partial charge in [-0.15, -0.1) is 0 Å². The van der Waals surface area contributed by atoms with Crippen molar-refractivity contribution in [3.05, 3.63) is 47.1 Å². The van der Waals surface area contributed by atoms with Gasteiger partial charge in [0.1, 0.15) is 11.6 Å². The molecule has 0 fully saturated rings. The normalized spacial score (nSPS) is 12.3. The summed E-state index contributed by atoms with van der Waals surface area (Å²) in [5.74, 6) is -1.81. The molecule has 0 unspecified atom stereocenters. The molecule has 124 valence electrons. The van der Waals surface area contributed by atoms with E-state index >= 15 is 0 Å². The second-order valence-electron chi connectivity index (χ2n) is 4.94. The molecule has 2 aromatic heterocycles. The van der Waals surface area contributed by atoms with Crippen LogP contribution in [0.15, 0.2) is 35.6 Å². The third-order valence-corrected chi connectivity index (χ3v) is 4.32. The van der Waals surface area contributed by atoms with Gasteiger partial charge in [0.15, 0.2) is 10.8 Å². The molecule has 3 aromatic rings. The van der Waals surface area contributed by atoms with Gasteiger partial charge in [-0.2, -0.15) is 0 Å². The molecule has 5 nitrogen and oxygen atoms in total. The Morgan fingerprint density at radius 1 is 1.38 bits per heavy atom. The smallest absolute Gasteiger partial charge is 0.237 e. The number of anilines is 1. The number of nitrogens with one attached hydrogen (secondary N) is 2. The number of H-pyrrole nitrogens is 1. The van der Waals surface area contributed by atoms with Gasteiger partial charge in [0.2, 0.25) is 5.91 Å². The molecule has 2 heterocycles. The molecule has 1 atom stereocenters. The lowest BCUT2D eigenvalue weighted by atomic mass is 10.3. The lowest BCUT2D eigenvalue weighted by Crippen LogP contribution is -2.23. The molecule has 0 aliphatic heterocycles. The van der Waals surface area contributed by atoms with Crippen LogP contribution in [0.1, 0.15) is 6.92 Å². The van der Waals surface area contributed by atoms with Crippen molar-refractivity contribution < 1.29 is 13.6 Å². The summed E-state index contributed by atoms with van der Waals surface area (Å²) in [5.41, 5.74) is 0.921. The van der Waals surface area contributed by atoms with Crippen LogP contribution < -0.4 is 5.32 Å². The zero-order chi connectivity index (χ0) is 17.3. The molecular formula is C15H11ClF2N4OS. The molecule has 0 aliphatic rings. The third kappa shape index (κ3) is 3.65. The Morgan fingerprint density at radius 3 is 2.96 bits per heavy atom. The van der Waals surface area contributed by atoms with Gasteiger partial charge in [-0.1, -0.05) is 23.4 Å². The number of fused-ring (bicyclic) bond motifs is 1. The topological polar surface area (TPSA) is 70.7 Å². The fourth-order valence-corrected chi connectivity index (χ4v) is 2.92. The minimum Gasteiger partial charge on any atom is -0.331 e. The first-order valence-corrected chi connectivity index (χ1v) is 8.12. The van der Waals surface area contributed by atoms with Crippen molar-refractivity contribution in [3.63, 3.8) is 0 Å². The number of amides is 1. The number of nitrogens with zero attached hydrogens (tertiary/aromatic N) is 2. The van der Waals surface area contributed by atoms with Crippen molar-refractivity contribution in [1.82, 2.24) is 15.0 Å². The van der Waals surface area contributed by atoms with E-state index in [9.17, 15) is 13.6 Å². The van der Waals surface area contributed by atoms with E-state index in [0.717, 1.165) is 30.0 Å². The molecule has 3 rings (SSSR count). The lowest BCUT2D eigenvalue weighted by molar-refractivity contribution is -0.115. The van der Waals surface area contributed by atoms with Gasteiger partial charge in [0, 0.05) is 12.3 Å². The first kappa shape index (κ1) is 16.7. The third-order valence-electron chi connectivity index (χ3n) is 3.13. The van der Waals surface area contributed by atoms with Gasteiger partial charge in [-0.05, 0) is 25.1 Å². The first-order chi connectivity index (χ1) is 11.4. The van der Waals surface area contributed by atoms with Crippen LogP contribution in [-0.4, -0.2) is 26.1 Å². The van der Waals surface area contributed by atoms with E-state index in [1.54, 1.807) is 13.0 Å². The highest BCUT2D eigenvalue weighted by Crippen LogP contribution is 2.25. The number of aromatic amines is 1. The Labute approximate surface area is 144 Å². The number of thioether (sulfide) groups is 1. The van der Waals surface area contributed by atoms with Crippen molar-refractivity contribution in [1.29, 1.82) is 0 Å². The molecule has 0 radical (unpaired) electrons. The van der Waals surface area contributed by atoms with E-state index in [-0.39, 0.29) is 5.69 Å². The van der Waals surface area contributed by atoms with Gasteiger partial charge in [0.25, 0.3) is 0 Å². The van der Waals surface area contributed by atoms with E-state index in [4.69, 9.17) is 11.6 Å². The fraction of sp³-hybridized carbons (Fsp3) is 0.133. The van der Waals surface area contributed by atoms with Gasteiger partial charge in [-0.3, -0.25) is 4.79 Å². The van der Waals surface area contributed by atoms with Crippen LogP contribution in [0.3, 0.4) is 0 Å². The molecule has 1 amide bonds. The number of aromatic nitrogens is 3. The van der Waals surface area contributed by atoms with E-state index < -0.39 is 22.8 Å². The van der Waals surface area contributed by atoms with Crippen LogP contribution in [0.2, 0.25) is 5.02 Å². The fourth-order valence-electron chi connectivity index (χ4n) is 1.96. The molecule has 2 N–H and O–H groups in total. The molecule has 0 aliphatic carbocycles. The largest absolute Gasteiger partial charge is 0.331 e. The van der Waals surface area contributed by atoms with Crippen molar-refractivity contribution in [3.8, 4) is 0 Å². The Hall–Kier alpha value is -2.19. The SMILES string of the molecule is C[C@@H](Sc1nc2ncc(Cl)cc2[nH]1)C(=O)Nc1cc(F)ccc1F. The van der Waals surface area contributed by atoms with Crippen molar-refractivity contribution in [2.75, 3.05) is 5.32 Å². The van der Waals surface area contributed by atoms with Gasteiger partial charge in [-0.25, -0.2) is 18.7 Å². The Morgan fingerprint density at radius 2 is 2.17 bits per heavy atom. The van der Waals surface area contributed by atoms with Crippen LogP contribution in [-0.2, 0) is 4.79 Å².